The maximum atomic E-state index is 13.5. The van der Waals surface area contributed by atoms with Gasteiger partial charge < -0.3 is 59.6 Å². The number of carboxylic acids is 1. The van der Waals surface area contributed by atoms with E-state index in [-0.39, 0.29) is 71.1 Å². The van der Waals surface area contributed by atoms with Gasteiger partial charge in [-0.1, -0.05) is 81.1 Å². The summed E-state index contributed by atoms with van der Waals surface area (Å²) in [4.78, 5) is 61.2. The Kier molecular flexibility index (Phi) is 21.4. The minimum absolute atomic E-state index is 0.00425. The second-order valence-electron chi connectivity index (χ2n) is 17.5. The molecule has 1 saturated heterocycles. The summed E-state index contributed by atoms with van der Waals surface area (Å²) in [6, 6.07) is 7.30. The second-order valence-corrected chi connectivity index (χ2v) is 30.6. The van der Waals surface area contributed by atoms with E-state index in [1.807, 2.05) is 34.6 Å². The minimum Gasteiger partial charge on any atom is -0.478 e. The van der Waals surface area contributed by atoms with E-state index in [9.17, 15) is 69.3 Å². The number of phosphoric ester groups is 1. The van der Waals surface area contributed by atoms with Gasteiger partial charge in [0.2, 0.25) is 7.28 Å². The van der Waals surface area contributed by atoms with E-state index in [1.54, 1.807) is 10.8 Å². The molecule has 2 aromatic carbocycles. The van der Waals surface area contributed by atoms with E-state index in [0.29, 0.717) is 0 Å². The summed E-state index contributed by atoms with van der Waals surface area (Å²) >= 11 is 0. The largest absolute Gasteiger partial charge is 0.490 e. The van der Waals surface area contributed by atoms with Crippen molar-refractivity contribution in [3.05, 3.63) is 58.9 Å². The summed E-state index contributed by atoms with van der Waals surface area (Å²) in [7, 11) is -21.5. The molecule has 2 heterocycles. The van der Waals surface area contributed by atoms with Crippen LogP contribution in [0.5, 0.6) is 0 Å². The number of phosphoric acid groups is 3. The number of nitrogens with zero attached hydrogens (tertiary/aromatic N) is 1. The molecular formula is C39H49BN3O24P3S6. The lowest BCUT2D eigenvalue weighted by molar-refractivity contribution is -0.0240. The van der Waals surface area contributed by atoms with Gasteiger partial charge in [-0.25, -0.2) is 18.5 Å². The summed E-state index contributed by atoms with van der Waals surface area (Å²) in [6.45, 7) is 8.98. The summed E-state index contributed by atoms with van der Waals surface area (Å²) in [6.07, 6.45) is -1.44. The quantitative estimate of drug-likeness (QED) is 0.00353. The summed E-state index contributed by atoms with van der Waals surface area (Å²) in [5.41, 5.74) is 3.27. The van der Waals surface area contributed by atoms with Crippen LogP contribution in [0, 0.1) is 11.7 Å². The number of amides is 1. The number of anilines is 1. The Balaban J connectivity index is 1.20. The third-order valence-electron chi connectivity index (χ3n) is 9.84. The molecule has 418 valence electrons. The lowest BCUT2D eigenvalue weighted by Crippen LogP contribution is -2.36. The van der Waals surface area contributed by atoms with E-state index in [0.717, 1.165) is 24.3 Å². The van der Waals surface area contributed by atoms with Gasteiger partial charge in [0.1, 0.15) is 29.9 Å². The lowest BCUT2D eigenvalue weighted by atomic mass is 9.71. The number of hydrogen-bond acceptors (Lipinski definition) is 23. The van der Waals surface area contributed by atoms with Crippen molar-refractivity contribution in [2.75, 3.05) is 37.4 Å². The molecule has 0 radical (unpaired) electrons. The second kappa shape index (κ2) is 25.5. The highest BCUT2D eigenvalue weighted by atomic mass is 33.1. The molecule has 2 unspecified atom stereocenters. The molecule has 76 heavy (non-hydrogen) atoms. The number of fused-ring (bicyclic) bond motifs is 2. The predicted molar refractivity (Wildman–Crippen MR) is 282 cm³/mol. The minimum atomic E-state index is -5.73. The Morgan fingerprint density at radius 3 is 2.18 bits per heavy atom. The molecule has 0 spiro atoms. The summed E-state index contributed by atoms with van der Waals surface area (Å²) < 4.78 is 140. The fourth-order valence-corrected chi connectivity index (χ4v) is 15.6. The Morgan fingerprint density at radius 2 is 1.57 bits per heavy atom. The fourth-order valence-electron chi connectivity index (χ4n) is 6.95. The highest BCUT2D eigenvalue weighted by Crippen LogP contribution is 2.66. The number of carbonyl (C=O) groups is 2. The Hall–Kier alpha value is -3.20. The standard InChI is InChI=1S/C39H49BN3O24P3S6/c1-38(2,3)73-72-20-62-28-16-30(64-29(28)17-63-69(51,52)67-70(53,54)66-68(48,49)50)40-13-6-14-61-19-71-74-39(4,5)18-42-36(44)21-7-8-22(25(15-21)37(45)46)31-23-9-11-26(41)34(75(55,56)57)32(23)65-33-24(31)10-12-27(43-47)35(33)76(58,59)60/h7-12,15,28-30,40,47H,14,16-20,41H2,1-5H3,(H,42,44)(H,45,46)(H,51,52)(H,53,54)(H2,48,49,50)(H,55,56,57)(H,58,59,60)/b43-27+/t28-,29-,30-/m1/s1. The Bertz CT molecular complexity index is 3330. The zero-order valence-corrected chi connectivity index (χ0v) is 47.7. The highest BCUT2D eigenvalue weighted by Gasteiger charge is 2.43. The number of rotatable bonds is 24. The molecule has 0 aromatic heterocycles. The van der Waals surface area contributed by atoms with E-state index in [1.165, 1.54) is 50.6 Å². The number of carboxylic acid groups (broad SMARTS) is 1. The van der Waals surface area contributed by atoms with Gasteiger partial charge in [0.25, 0.3) is 16.0 Å². The number of ether oxygens (including phenoxy) is 3. The number of aromatic carboxylic acids is 1. The molecule has 27 nitrogen and oxygen atoms in total. The molecule has 11 N–H and O–H groups in total. The van der Waals surface area contributed by atoms with Crippen LogP contribution in [0.1, 0.15) is 61.8 Å². The number of nitrogen functional groups attached to an aromatic ring is 1. The molecular weight excluding hydrogens is 1190 g/mol. The lowest BCUT2D eigenvalue weighted by Gasteiger charge is -2.23. The van der Waals surface area contributed by atoms with Crippen LogP contribution in [0.3, 0.4) is 0 Å². The van der Waals surface area contributed by atoms with Crippen LogP contribution in [-0.4, -0.2) is 134 Å². The monoisotopic (exact) mass is 1240 g/mol. The first kappa shape index (κ1) is 63.6. The molecule has 0 bridgehead atoms. The fraction of sp³-hybridized carbons (Fsp3) is 0.410. The van der Waals surface area contributed by atoms with E-state index in [2.05, 4.69) is 30.8 Å². The normalized spacial score (nSPS) is 18.5. The van der Waals surface area contributed by atoms with Crippen molar-refractivity contribution in [2.24, 2.45) is 5.16 Å². The molecule has 37 heteroatoms. The topological polar surface area (TPSA) is 434 Å². The van der Waals surface area contributed by atoms with Gasteiger partial charge in [-0.05, 0) is 62.2 Å². The Morgan fingerprint density at radius 1 is 0.908 bits per heavy atom. The molecule has 1 amide bonds. The molecule has 5 atom stereocenters. The first-order valence-electron chi connectivity index (χ1n) is 21.3. The van der Waals surface area contributed by atoms with Crippen molar-refractivity contribution in [3.63, 3.8) is 0 Å². The van der Waals surface area contributed by atoms with Crippen LogP contribution < -0.4 is 16.4 Å². The summed E-state index contributed by atoms with van der Waals surface area (Å²) in [5, 5.41) is 24.7. The maximum absolute atomic E-state index is 13.5. The number of nitrogens with one attached hydrogen (secondary N) is 1. The molecule has 2 aromatic rings. The van der Waals surface area contributed by atoms with E-state index in [4.69, 9.17) is 38.7 Å². The molecule has 1 aliphatic carbocycles. The third-order valence-corrected chi connectivity index (χ3v) is 21.5. The van der Waals surface area contributed by atoms with Crippen molar-refractivity contribution >= 4 is 123 Å². The molecule has 2 aliphatic heterocycles. The zero-order valence-electron chi connectivity index (χ0n) is 40.1. The van der Waals surface area contributed by atoms with Crippen LogP contribution >= 0.6 is 66.6 Å². The first-order chi connectivity index (χ1) is 35.0. The van der Waals surface area contributed by atoms with Crippen LogP contribution in [0.15, 0.2) is 61.8 Å². The number of benzene rings is 3. The molecule has 0 saturated carbocycles. The van der Waals surface area contributed by atoms with Crippen molar-refractivity contribution < 1.29 is 111 Å². The van der Waals surface area contributed by atoms with Gasteiger partial charge >= 0.3 is 39.6 Å². The van der Waals surface area contributed by atoms with Gasteiger partial charge in [-0.15, -0.1) is 0 Å². The van der Waals surface area contributed by atoms with E-state index >= 15 is 0 Å². The molecule has 5 rings (SSSR count). The molecule has 1 fully saturated rings. The Labute approximate surface area is 450 Å². The van der Waals surface area contributed by atoms with Gasteiger partial charge in [0.05, 0.1) is 24.0 Å². The van der Waals surface area contributed by atoms with Gasteiger partial charge in [0, 0.05) is 44.1 Å². The van der Waals surface area contributed by atoms with E-state index < -0.39 is 123 Å². The smallest absolute Gasteiger partial charge is 0.478 e. The van der Waals surface area contributed by atoms with Crippen molar-refractivity contribution in [3.8, 4) is 34.2 Å². The van der Waals surface area contributed by atoms with Crippen LogP contribution in [0.25, 0.3) is 33.4 Å². The van der Waals surface area contributed by atoms with Crippen molar-refractivity contribution in [1.82, 2.24) is 5.32 Å². The van der Waals surface area contributed by atoms with Crippen molar-refractivity contribution in [1.29, 1.82) is 0 Å². The maximum Gasteiger partial charge on any atom is 0.490 e. The number of nitrogens with two attached hydrogens (primary N) is 1. The average molecular weight is 1240 g/mol. The van der Waals surface area contributed by atoms with Crippen LogP contribution in [-0.2, 0) is 61.3 Å². The van der Waals surface area contributed by atoms with Crippen molar-refractivity contribution in [2.45, 2.75) is 78.5 Å². The average Bonchev–Trinajstić information content (AvgIpc) is 3.67. The van der Waals surface area contributed by atoms with Gasteiger partial charge in [0.15, 0.2) is 21.1 Å². The third kappa shape index (κ3) is 18.2. The SMILES string of the molecule is CC(C)(C)SSCO[C@@H]1C[C@H](BC#CCOCSSC(C)(C)CNC(=O)c2ccc(-c3c4cc/c(=N\O)c(S(=O)(=O)O)c-4oc4c(S(=O)(=O)O)c(N)ccc34)c(C(=O)O)c2)O[C@@H]1COP(=O)(O)OP(=O)(O)OP(=O)(O)O. The number of hydrogen-bond donors (Lipinski definition) is 10. The molecule has 3 aliphatic rings. The number of carbonyl (C=O) groups excluding carboxylic acids is 1. The first-order valence-corrected chi connectivity index (χ1v) is 33.4. The van der Waals surface area contributed by atoms with Crippen LogP contribution in [0.2, 0.25) is 0 Å². The van der Waals surface area contributed by atoms with Gasteiger partial charge in [-0.2, -0.15) is 31.3 Å². The van der Waals surface area contributed by atoms with Gasteiger partial charge in [-0.3, -0.25) is 18.4 Å². The predicted octanol–water partition coefficient (Wildman–Crippen LogP) is 5.51. The zero-order chi connectivity index (χ0) is 56.8. The summed E-state index contributed by atoms with van der Waals surface area (Å²) in [5.74, 6) is 3.02. The highest BCUT2D eigenvalue weighted by molar-refractivity contribution is 8.77. The van der Waals surface area contributed by atoms with Crippen LogP contribution in [0.4, 0.5) is 5.69 Å².